The van der Waals surface area contributed by atoms with Gasteiger partial charge in [0.05, 0.1) is 23.4 Å². The van der Waals surface area contributed by atoms with E-state index < -0.39 is 5.97 Å². The Morgan fingerprint density at radius 3 is 2.85 bits per heavy atom. The highest BCUT2D eigenvalue weighted by atomic mass is 79.9. The van der Waals surface area contributed by atoms with Crippen molar-refractivity contribution in [3.63, 3.8) is 0 Å². The summed E-state index contributed by atoms with van der Waals surface area (Å²) in [4.78, 5) is 15.7. The van der Waals surface area contributed by atoms with Crippen molar-refractivity contribution in [2.45, 2.75) is 0 Å². The van der Waals surface area contributed by atoms with E-state index in [4.69, 9.17) is 17.3 Å². The SMILES string of the molecule is COC(=O)c1ccnc(Nc2ccc(Br)c(Cl)c2)c1N. The van der Waals surface area contributed by atoms with E-state index in [-0.39, 0.29) is 11.3 Å². The summed E-state index contributed by atoms with van der Waals surface area (Å²) in [5.41, 5.74) is 7.09. The molecule has 0 amide bonds. The Morgan fingerprint density at radius 1 is 1.45 bits per heavy atom. The molecular weight excluding hydrogens is 346 g/mol. The molecule has 0 radical (unpaired) electrons. The van der Waals surface area contributed by atoms with Crippen LogP contribution >= 0.6 is 27.5 Å². The van der Waals surface area contributed by atoms with Crippen LogP contribution in [0, 0.1) is 0 Å². The molecule has 0 fully saturated rings. The smallest absolute Gasteiger partial charge is 0.340 e. The lowest BCUT2D eigenvalue weighted by Gasteiger charge is -2.11. The summed E-state index contributed by atoms with van der Waals surface area (Å²) in [6.07, 6.45) is 1.48. The Bertz CT molecular complexity index is 664. The molecular formula is C13H11BrClN3O2. The van der Waals surface area contributed by atoms with Gasteiger partial charge in [0, 0.05) is 16.4 Å². The van der Waals surface area contributed by atoms with Gasteiger partial charge in [0.25, 0.3) is 0 Å². The molecule has 7 heteroatoms. The maximum Gasteiger partial charge on any atom is 0.340 e. The average molecular weight is 357 g/mol. The Labute approximate surface area is 129 Å². The number of nitrogens with two attached hydrogens (primary N) is 1. The van der Waals surface area contributed by atoms with Crippen molar-refractivity contribution in [2.75, 3.05) is 18.2 Å². The van der Waals surface area contributed by atoms with Crippen molar-refractivity contribution in [3.05, 3.63) is 45.5 Å². The zero-order chi connectivity index (χ0) is 14.7. The van der Waals surface area contributed by atoms with E-state index in [2.05, 4.69) is 31.0 Å². The van der Waals surface area contributed by atoms with Crippen LogP contribution in [-0.2, 0) is 4.74 Å². The molecule has 0 spiro atoms. The topological polar surface area (TPSA) is 77.2 Å². The highest BCUT2D eigenvalue weighted by Gasteiger charge is 2.14. The lowest BCUT2D eigenvalue weighted by Crippen LogP contribution is -2.09. The Morgan fingerprint density at radius 2 is 2.20 bits per heavy atom. The van der Waals surface area contributed by atoms with Gasteiger partial charge in [-0.25, -0.2) is 9.78 Å². The predicted molar refractivity (Wildman–Crippen MR) is 82.4 cm³/mol. The number of hydrogen-bond acceptors (Lipinski definition) is 5. The number of nitrogens with zero attached hydrogens (tertiary/aromatic N) is 1. The van der Waals surface area contributed by atoms with Crippen LogP contribution in [0.3, 0.4) is 0 Å². The number of nitrogens with one attached hydrogen (secondary N) is 1. The molecule has 0 saturated carbocycles. The summed E-state index contributed by atoms with van der Waals surface area (Å²) in [5.74, 6) is -0.145. The molecule has 5 nitrogen and oxygen atoms in total. The molecule has 0 unspecified atom stereocenters. The molecule has 20 heavy (non-hydrogen) atoms. The van der Waals surface area contributed by atoms with Crippen LogP contribution in [0.1, 0.15) is 10.4 Å². The van der Waals surface area contributed by atoms with E-state index in [9.17, 15) is 4.79 Å². The van der Waals surface area contributed by atoms with Crippen LogP contribution in [0.25, 0.3) is 0 Å². The number of aromatic nitrogens is 1. The first-order valence-electron chi connectivity index (χ1n) is 5.57. The van der Waals surface area contributed by atoms with Gasteiger partial charge in [-0.05, 0) is 40.2 Å². The van der Waals surface area contributed by atoms with Crippen LogP contribution < -0.4 is 11.1 Å². The summed E-state index contributed by atoms with van der Waals surface area (Å²) in [6, 6.07) is 6.82. The van der Waals surface area contributed by atoms with Crippen LogP contribution in [0.4, 0.5) is 17.2 Å². The third-order valence-corrected chi connectivity index (χ3v) is 3.81. The fraction of sp³-hybridized carbons (Fsp3) is 0.0769. The number of benzene rings is 1. The molecule has 2 aromatic rings. The second kappa shape index (κ2) is 6.11. The molecule has 3 N–H and O–H groups in total. The molecule has 104 valence electrons. The van der Waals surface area contributed by atoms with Gasteiger partial charge in [-0.2, -0.15) is 0 Å². The fourth-order valence-corrected chi connectivity index (χ4v) is 2.00. The Kier molecular flexibility index (Phi) is 4.46. The molecule has 1 aromatic carbocycles. The Hall–Kier alpha value is -1.79. The zero-order valence-corrected chi connectivity index (χ0v) is 12.8. The first-order chi connectivity index (χ1) is 9.52. The highest BCUT2D eigenvalue weighted by molar-refractivity contribution is 9.10. The third-order valence-electron chi connectivity index (χ3n) is 2.58. The summed E-state index contributed by atoms with van der Waals surface area (Å²) in [5, 5.41) is 3.56. The molecule has 0 saturated heterocycles. The van der Waals surface area contributed by atoms with Crippen LogP contribution in [0.15, 0.2) is 34.9 Å². The fourth-order valence-electron chi connectivity index (χ4n) is 1.57. The van der Waals surface area contributed by atoms with Gasteiger partial charge in [-0.1, -0.05) is 11.6 Å². The van der Waals surface area contributed by atoms with E-state index in [0.29, 0.717) is 16.5 Å². The van der Waals surface area contributed by atoms with Crippen molar-refractivity contribution in [1.29, 1.82) is 0 Å². The molecule has 1 aromatic heterocycles. The minimum atomic E-state index is -0.512. The maximum absolute atomic E-state index is 11.6. The standard InChI is InChI=1S/C13H11BrClN3O2/c1-20-13(19)8-4-5-17-12(11(8)16)18-7-2-3-9(14)10(15)6-7/h2-6H,16H2,1H3,(H,17,18). The van der Waals surface area contributed by atoms with E-state index in [1.807, 2.05) is 6.07 Å². The number of rotatable bonds is 3. The summed E-state index contributed by atoms with van der Waals surface area (Å²) in [7, 11) is 1.30. The van der Waals surface area contributed by atoms with Crippen LogP contribution in [-0.4, -0.2) is 18.1 Å². The molecule has 0 aliphatic carbocycles. The molecule has 1 heterocycles. The minimum Gasteiger partial charge on any atom is -0.465 e. The van der Waals surface area contributed by atoms with E-state index in [1.165, 1.54) is 19.4 Å². The average Bonchev–Trinajstić information content (AvgIpc) is 2.44. The number of esters is 1. The first kappa shape index (κ1) is 14.6. The number of nitrogen functional groups attached to an aromatic ring is 1. The lowest BCUT2D eigenvalue weighted by atomic mass is 10.2. The van der Waals surface area contributed by atoms with Gasteiger partial charge >= 0.3 is 5.97 Å². The van der Waals surface area contributed by atoms with E-state index >= 15 is 0 Å². The normalized spacial score (nSPS) is 10.2. The van der Waals surface area contributed by atoms with Gasteiger partial charge in [0.1, 0.15) is 0 Å². The van der Waals surface area contributed by atoms with E-state index in [0.717, 1.165) is 4.47 Å². The van der Waals surface area contributed by atoms with Crippen molar-refractivity contribution in [1.82, 2.24) is 4.98 Å². The monoisotopic (exact) mass is 355 g/mol. The minimum absolute atomic E-state index is 0.221. The van der Waals surface area contributed by atoms with Gasteiger partial charge in [0.2, 0.25) is 0 Å². The number of carbonyl (C=O) groups is 1. The first-order valence-corrected chi connectivity index (χ1v) is 6.75. The zero-order valence-electron chi connectivity index (χ0n) is 10.5. The van der Waals surface area contributed by atoms with Crippen molar-refractivity contribution in [2.24, 2.45) is 0 Å². The number of pyridine rings is 1. The van der Waals surface area contributed by atoms with E-state index in [1.54, 1.807) is 12.1 Å². The second-order valence-electron chi connectivity index (χ2n) is 3.87. The van der Waals surface area contributed by atoms with Crippen molar-refractivity contribution < 1.29 is 9.53 Å². The third kappa shape index (κ3) is 3.02. The summed E-state index contributed by atoms with van der Waals surface area (Å²) in [6.45, 7) is 0. The molecule has 0 bridgehead atoms. The number of hydrogen-bond donors (Lipinski definition) is 2. The van der Waals surface area contributed by atoms with Crippen molar-refractivity contribution in [3.8, 4) is 0 Å². The predicted octanol–water partition coefficient (Wildman–Crippen LogP) is 3.61. The summed E-state index contributed by atoms with van der Waals surface area (Å²) < 4.78 is 5.44. The van der Waals surface area contributed by atoms with Gasteiger partial charge in [0.15, 0.2) is 5.82 Å². The molecule has 0 atom stereocenters. The second-order valence-corrected chi connectivity index (χ2v) is 5.13. The quantitative estimate of drug-likeness (QED) is 0.822. The van der Waals surface area contributed by atoms with Gasteiger partial charge in [-0.3, -0.25) is 0 Å². The maximum atomic E-state index is 11.6. The molecule has 2 rings (SSSR count). The number of halogens is 2. The number of carbonyl (C=O) groups excluding carboxylic acids is 1. The Balaban J connectivity index is 2.34. The van der Waals surface area contributed by atoms with Gasteiger partial charge < -0.3 is 15.8 Å². The number of anilines is 3. The summed E-state index contributed by atoms with van der Waals surface area (Å²) >= 11 is 9.32. The number of methoxy groups -OCH3 is 1. The number of ether oxygens (including phenoxy) is 1. The largest absolute Gasteiger partial charge is 0.465 e. The van der Waals surface area contributed by atoms with Crippen LogP contribution in [0.2, 0.25) is 5.02 Å². The highest BCUT2D eigenvalue weighted by Crippen LogP contribution is 2.29. The molecule has 0 aliphatic heterocycles. The molecule has 0 aliphatic rings. The lowest BCUT2D eigenvalue weighted by molar-refractivity contribution is 0.0602. The van der Waals surface area contributed by atoms with Crippen molar-refractivity contribution >= 4 is 50.7 Å². The van der Waals surface area contributed by atoms with Crippen LogP contribution in [0.5, 0.6) is 0 Å². The van der Waals surface area contributed by atoms with Gasteiger partial charge in [-0.15, -0.1) is 0 Å².